The molecule has 0 aliphatic heterocycles. The van der Waals surface area contributed by atoms with Gasteiger partial charge in [0.15, 0.2) is 0 Å². The maximum absolute atomic E-state index is 9.18. The molecule has 0 spiro atoms. The first-order valence-electron chi connectivity index (χ1n) is 5.83. The molecule has 1 atom stereocenters. The fourth-order valence-corrected chi connectivity index (χ4v) is 1.67. The van der Waals surface area contributed by atoms with Gasteiger partial charge >= 0.3 is 0 Å². The first kappa shape index (κ1) is 14.3. The van der Waals surface area contributed by atoms with Crippen LogP contribution in [0.1, 0.15) is 26.3 Å². The predicted molar refractivity (Wildman–Crippen MR) is 70.6 cm³/mol. The van der Waals surface area contributed by atoms with Gasteiger partial charge in [-0.1, -0.05) is 11.6 Å². The Bertz CT molecular complexity index is 353. The largest absolute Gasteiger partial charge is 0.491 e. The summed E-state index contributed by atoms with van der Waals surface area (Å²) in [6, 6.07) is 5.58. The Labute approximate surface area is 108 Å². The van der Waals surface area contributed by atoms with Crippen molar-refractivity contribution in [1.29, 1.82) is 0 Å². The molecule has 17 heavy (non-hydrogen) atoms. The Morgan fingerprint density at radius 1 is 1.35 bits per heavy atom. The van der Waals surface area contributed by atoms with Gasteiger partial charge in [0.1, 0.15) is 5.75 Å². The molecule has 2 N–H and O–H groups in total. The van der Waals surface area contributed by atoms with Crippen LogP contribution in [0.2, 0.25) is 5.02 Å². The van der Waals surface area contributed by atoms with Gasteiger partial charge in [0.2, 0.25) is 0 Å². The third-order valence-corrected chi connectivity index (χ3v) is 2.38. The second kappa shape index (κ2) is 6.84. The molecule has 0 aliphatic rings. The molecule has 4 heteroatoms. The van der Waals surface area contributed by atoms with E-state index in [2.05, 4.69) is 5.32 Å². The number of aliphatic hydroxyl groups is 1. The van der Waals surface area contributed by atoms with Crippen LogP contribution >= 0.6 is 11.6 Å². The van der Waals surface area contributed by atoms with Crippen LogP contribution < -0.4 is 10.1 Å². The van der Waals surface area contributed by atoms with Crippen molar-refractivity contribution < 1.29 is 9.84 Å². The van der Waals surface area contributed by atoms with Crippen LogP contribution in [0.3, 0.4) is 0 Å². The van der Waals surface area contributed by atoms with Gasteiger partial charge in [-0.15, -0.1) is 0 Å². The summed E-state index contributed by atoms with van der Waals surface area (Å²) < 4.78 is 5.70. The van der Waals surface area contributed by atoms with Gasteiger partial charge in [-0.3, -0.25) is 0 Å². The second-order valence-corrected chi connectivity index (χ2v) is 4.84. The molecule has 1 rings (SSSR count). The van der Waals surface area contributed by atoms with Crippen LogP contribution in [0.25, 0.3) is 0 Å². The zero-order valence-corrected chi connectivity index (χ0v) is 11.3. The molecule has 0 radical (unpaired) electrons. The van der Waals surface area contributed by atoms with Gasteiger partial charge in [-0.2, -0.15) is 0 Å². The molecule has 96 valence electrons. The van der Waals surface area contributed by atoms with E-state index >= 15 is 0 Å². The Morgan fingerprint density at radius 3 is 2.65 bits per heavy atom. The molecular formula is C13H20ClNO2. The van der Waals surface area contributed by atoms with E-state index in [-0.39, 0.29) is 12.2 Å². The highest BCUT2D eigenvalue weighted by Gasteiger charge is 2.07. The van der Waals surface area contributed by atoms with Crippen molar-refractivity contribution in [2.24, 2.45) is 0 Å². The van der Waals surface area contributed by atoms with Gasteiger partial charge < -0.3 is 15.2 Å². The molecule has 1 aromatic rings. The van der Waals surface area contributed by atoms with Gasteiger partial charge in [-0.25, -0.2) is 0 Å². The van der Waals surface area contributed by atoms with Crippen LogP contribution in [0, 0.1) is 0 Å². The van der Waals surface area contributed by atoms with E-state index in [1.165, 1.54) is 0 Å². The summed E-state index contributed by atoms with van der Waals surface area (Å²) in [5.74, 6) is 0.836. The topological polar surface area (TPSA) is 41.5 Å². The van der Waals surface area contributed by atoms with E-state index in [4.69, 9.17) is 16.3 Å². The van der Waals surface area contributed by atoms with Crippen LogP contribution in [-0.4, -0.2) is 23.9 Å². The summed E-state index contributed by atoms with van der Waals surface area (Å²) in [5, 5.41) is 13.0. The van der Waals surface area contributed by atoms with E-state index in [0.717, 1.165) is 11.3 Å². The van der Waals surface area contributed by atoms with E-state index < -0.39 is 0 Å². The minimum atomic E-state index is -0.358. The third-order valence-electron chi connectivity index (χ3n) is 2.14. The van der Waals surface area contributed by atoms with Crippen molar-refractivity contribution in [1.82, 2.24) is 5.32 Å². The zero-order valence-electron chi connectivity index (χ0n) is 10.5. The lowest BCUT2D eigenvalue weighted by atomic mass is 10.2. The number of hydrogen-bond donors (Lipinski definition) is 2. The van der Waals surface area contributed by atoms with E-state index in [1.54, 1.807) is 6.92 Å². The maximum atomic E-state index is 9.18. The van der Waals surface area contributed by atoms with Crippen molar-refractivity contribution in [3.8, 4) is 5.75 Å². The number of benzene rings is 1. The number of aliphatic hydroxyl groups excluding tert-OH is 1. The van der Waals surface area contributed by atoms with E-state index in [1.807, 2.05) is 32.0 Å². The monoisotopic (exact) mass is 257 g/mol. The number of rotatable bonds is 6. The molecular weight excluding hydrogens is 238 g/mol. The molecule has 0 unspecified atom stereocenters. The van der Waals surface area contributed by atoms with Gasteiger partial charge in [0, 0.05) is 23.7 Å². The zero-order chi connectivity index (χ0) is 12.8. The Balaban J connectivity index is 2.69. The number of ether oxygens (including phenoxy) is 1. The smallest absolute Gasteiger partial charge is 0.124 e. The van der Waals surface area contributed by atoms with Crippen LogP contribution in [0.5, 0.6) is 5.75 Å². The van der Waals surface area contributed by atoms with Gasteiger partial charge in [-0.05, 0) is 39.0 Å². The normalized spacial score (nSPS) is 12.8. The minimum Gasteiger partial charge on any atom is -0.491 e. The molecule has 0 aliphatic carbocycles. The Hall–Kier alpha value is -0.770. The summed E-state index contributed by atoms with van der Waals surface area (Å²) >= 11 is 5.96. The predicted octanol–water partition coefficient (Wildman–Crippen LogP) is 2.60. The number of nitrogens with one attached hydrogen (secondary N) is 1. The maximum Gasteiger partial charge on any atom is 0.124 e. The molecule has 0 fully saturated rings. The molecule has 0 amide bonds. The standard InChI is InChI=1S/C13H20ClNO2/c1-9(2)17-13-5-4-12(14)6-11(13)8-15-7-10(3)16/h4-6,9-10,15-16H,7-8H2,1-3H3/t10-/m1/s1. The lowest BCUT2D eigenvalue weighted by Crippen LogP contribution is -2.24. The lowest BCUT2D eigenvalue weighted by Gasteiger charge is -2.15. The van der Waals surface area contributed by atoms with Crippen molar-refractivity contribution in [3.05, 3.63) is 28.8 Å². The van der Waals surface area contributed by atoms with Gasteiger partial charge in [0.25, 0.3) is 0 Å². The van der Waals surface area contributed by atoms with Gasteiger partial charge in [0.05, 0.1) is 12.2 Å². The van der Waals surface area contributed by atoms with Crippen molar-refractivity contribution in [3.63, 3.8) is 0 Å². The second-order valence-electron chi connectivity index (χ2n) is 4.40. The van der Waals surface area contributed by atoms with Crippen LogP contribution in [0.4, 0.5) is 0 Å². The molecule has 0 saturated carbocycles. The highest BCUT2D eigenvalue weighted by Crippen LogP contribution is 2.23. The van der Waals surface area contributed by atoms with Crippen LogP contribution in [-0.2, 0) is 6.54 Å². The molecule has 0 bridgehead atoms. The van der Waals surface area contributed by atoms with Crippen molar-refractivity contribution in [2.45, 2.75) is 39.5 Å². The molecule has 1 aromatic carbocycles. The number of halogens is 1. The molecule has 0 aromatic heterocycles. The van der Waals surface area contributed by atoms with Crippen molar-refractivity contribution in [2.75, 3.05) is 6.54 Å². The summed E-state index contributed by atoms with van der Waals surface area (Å²) in [5.41, 5.74) is 1.01. The summed E-state index contributed by atoms with van der Waals surface area (Å²) in [6.45, 7) is 6.90. The minimum absolute atomic E-state index is 0.131. The fourth-order valence-electron chi connectivity index (χ4n) is 1.47. The summed E-state index contributed by atoms with van der Waals surface area (Å²) in [6.07, 6.45) is -0.227. The highest BCUT2D eigenvalue weighted by molar-refractivity contribution is 6.30. The first-order valence-corrected chi connectivity index (χ1v) is 6.20. The van der Waals surface area contributed by atoms with E-state index in [9.17, 15) is 5.11 Å². The average molecular weight is 258 g/mol. The molecule has 3 nitrogen and oxygen atoms in total. The third kappa shape index (κ3) is 5.39. The first-order chi connectivity index (χ1) is 7.99. The molecule has 0 saturated heterocycles. The molecule has 0 heterocycles. The quantitative estimate of drug-likeness (QED) is 0.823. The number of hydrogen-bond acceptors (Lipinski definition) is 3. The van der Waals surface area contributed by atoms with Crippen LogP contribution in [0.15, 0.2) is 18.2 Å². The fraction of sp³-hybridized carbons (Fsp3) is 0.538. The average Bonchev–Trinajstić information content (AvgIpc) is 2.21. The van der Waals surface area contributed by atoms with E-state index in [0.29, 0.717) is 18.1 Å². The summed E-state index contributed by atoms with van der Waals surface area (Å²) in [7, 11) is 0. The highest BCUT2D eigenvalue weighted by atomic mass is 35.5. The summed E-state index contributed by atoms with van der Waals surface area (Å²) in [4.78, 5) is 0. The van der Waals surface area contributed by atoms with Crippen molar-refractivity contribution >= 4 is 11.6 Å². The Morgan fingerprint density at radius 2 is 2.06 bits per heavy atom. The lowest BCUT2D eigenvalue weighted by molar-refractivity contribution is 0.190. The Kier molecular flexibility index (Phi) is 5.75. The SMILES string of the molecule is CC(C)Oc1ccc(Cl)cc1CNC[C@@H](C)O.